The summed E-state index contributed by atoms with van der Waals surface area (Å²) in [6.07, 6.45) is -1.73. The molecule has 26 heavy (non-hydrogen) atoms. The molecule has 0 aromatic heterocycles. The van der Waals surface area contributed by atoms with E-state index in [0.717, 1.165) is 5.56 Å². The van der Waals surface area contributed by atoms with Crippen molar-refractivity contribution in [1.29, 1.82) is 0 Å². The van der Waals surface area contributed by atoms with Gasteiger partial charge in [-0.2, -0.15) is 0 Å². The molecule has 148 valence electrons. The Morgan fingerprint density at radius 3 is 2.08 bits per heavy atom. The first-order valence-corrected chi connectivity index (χ1v) is 9.14. The van der Waals surface area contributed by atoms with Gasteiger partial charge in [0, 0.05) is 24.1 Å². The van der Waals surface area contributed by atoms with Crippen LogP contribution in [0.1, 0.15) is 65.0 Å². The van der Waals surface area contributed by atoms with E-state index < -0.39 is 17.4 Å². The molecule has 1 N–H and O–H groups in total. The van der Waals surface area contributed by atoms with E-state index in [1.54, 1.807) is 17.0 Å². The Bertz CT molecular complexity index is 559. The molecular weight excluding hydrogens is 340 g/mol. The fraction of sp³-hybridized carbons (Fsp3) is 0.650. The van der Waals surface area contributed by atoms with Crippen molar-refractivity contribution in [3.63, 3.8) is 0 Å². The summed E-state index contributed by atoms with van der Waals surface area (Å²) in [5, 5.41) is 9.90. The third kappa shape index (κ3) is 5.66. The van der Waals surface area contributed by atoms with E-state index in [-0.39, 0.29) is 18.3 Å². The van der Waals surface area contributed by atoms with E-state index in [0.29, 0.717) is 25.9 Å². The molecule has 0 spiro atoms. The Kier molecular flexibility index (Phi) is 8.00. The van der Waals surface area contributed by atoms with Gasteiger partial charge in [-0.25, -0.2) is 13.6 Å². The van der Waals surface area contributed by atoms with Crippen molar-refractivity contribution < 1.29 is 23.4 Å². The molecule has 0 atom stereocenters. The number of nitrogens with zero attached hydrogens (tertiary/aromatic N) is 1. The average molecular weight is 371 g/mol. The number of carbonyl (C=O) groups is 1. The summed E-state index contributed by atoms with van der Waals surface area (Å²) in [5.74, 6) is 0. The zero-order valence-electron chi connectivity index (χ0n) is 16.4. The van der Waals surface area contributed by atoms with Gasteiger partial charge in [0.1, 0.15) is 5.60 Å². The zero-order valence-corrected chi connectivity index (χ0v) is 16.4. The molecule has 1 aromatic rings. The zero-order chi connectivity index (χ0) is 20.0. The molecule has 1 heterocycles. The lowest BCUT2D eigenvalue weighted by Crippen LogP contribution is -2.48. The number of likely N-dealkylation sites (tertiary alicyclic amines) is 1. The molecule has 0 aliphatic carbocycles. The molecule has 1 aliphatic heterocycles. The van der Waals surface area contributed by atoms with Crippen LogP contribution in [0.4, 0.5) is 13.6 Å². The van der Waals surface area contributed by atoms with E-state index in [1.807, 2.05) is 34.6 Å². The van der Waals surface area contributed by atoms with Gasteiger partial charge in [0.05, 0.1) is 6.61 Å². The minimum absolute atomic E-state index is 0.0296. The van der Waals surface area contributed by atoms with Crippen LogP contribution in [-0.2, 0) is 10.2 Å². The second kappa shape index (κ2) is 9.31. The Hall–Kier alpha value is -1.69. The monoisotopic (exact) mass is 371 g/mol. The number of halogens is 2. The van der Waals surface area contributed by atoms with Crippen LogP contribution < -0.4 is 0 Å². The van der Waals surface area contributed by atoms with Crippen molar-refractivity contribution >= 4 is 6.09 Å². The second-order valence-corrected chi connectivity index (χ2v) is 7.33. The standard InChI is InChI=1S/C18H25F2NO3.C2H6/c1-17(2,3)24-16(23)21-10-8-18(12-22,9-11-21)14-6-4-13(5-7-14)15(19)20;1-2/h4-7,15,22H,8-12H2,1-3H3;1-2H3. The molecule has 0 bridgehead atoms. The summed E-state index contributed by atoms with van der Waals surface area (Å²) in [6.45, 7) is 10.3. The number of alkyl halides is 2. The van der Waals surface area contributed by atoms with E-state index in [4.69, 9.17) is 4.74 Å². The van der Waals surface area contributed by atoms with E-state index in [1.165, 1.54) is 12.1 Å². The number of ether oxygens (including phenoxy) is 1. The van der Waals surface area contributed by atoms with Gasteiger partial charge in [0.2, 0.25) is 0 Å². The van der Waals surface area contributed by atoms with Crippen LogP contribution in [0.5, 0.6) is 0 Å². The van der Waals surface area contributed by atoms with Crippen LogP contribution in [0, 0.1) is 0 Å². The number of hydrogen-bond donors (Lipinski definition) is 1. The van der Waals surface area contributed by atoms with Gasteiger partial charge in [0.15, 0.2) is 0 Å². The lowest BCUT2D eigenvalue weighted by molar-refractivity contribution is 0.0123. The predicted octanol–water partition coefficient (Wildman–Crippen LogP) is 4.91. The largest absolute Gasteiger partial charge is 0.444 e. The van der Waals surface area contributed by atoms with Crippen molar-refractivity contribution in [2.24, 2.45) is 0 Å². The SMILES string of the molecule is CC.CC(C)(C)OC(=O)N1CCC(CO)(c2ccc(C(F)F)cc2)CC1. The first kappa shape index (κ1) is 22.4. The molecule has 1 aliphatic rings. The van der Waals surface area contributed by atoms with Gasteiger partial charge >= 0.3 is 6.09 Å². The highest BCUT2D eigenvalue weighted by atomic mass is 19.3. The van der Waals surface area contributed by atoms with Crippen LogP contribution in [0.2, 0.25) is 0 Å². The quantitative estimate of drug-likeness (QED) is 0.821. The minimum Gasteiger partial charge on any atom is -0.444 e. The maximum Gasteiger partial charge on any atom is 0.410 e. The maximum absolute atomic E-state index is 12.7. The lowest BCUT2D eigenvalue weighted by Gasteiger charge is -2.41. The summed E-state index contributed by atoms with van der Waals surface area (Å²) in [7, 11) is 0. The number of aliphatic hydroxyl groups is 1. The highest BCUT2D eigenvalue weighted by molar-refractivity contribution is 5.68. The highest BCUT2D eigenvalue weighted by Gasteiger charge is 2.38. The van der Waals surface area contributed by atoms with Crippen molar-refractivity contribution in [3.8, 4) is 0 Å². The summed E-state index contributed by atoms with van der Waals surface area (Å²) < 4.78 is 30.7. The Labute approximate surface area is 155 Å². The van der Waals surface area contributed by atoms with E-state index >= 15 is 0 Å². The molecule has 6 heteroatoms. The topological polar surface area (TPSA) is 49.8 Å². The lowest BCUT2D eigenvalue weighted by atomic mass is 9.73. The number of carbonyl (C=O) groups excluding carboxylic acids is 1. The molecule has 4 nitrogen and oxygen atoms in total. The number of hydrogen-bond acceptors (Lipinski definition) is 3. The third-order valence-corrected chi connectivity index (χ3v) is 4.45. The molecule has 1 saturated heterocycles. The molecule has 0 unspecified atom stereocenters. The van der Waals surface area contributed by atoms with Gasteiger partial charge in [-0.05, 0) is 39.2 Å². The van der Waals surface area contributed by atoms with Gasteiger partial charge in [-0.15, -0.1) is 0 Å². The molecule has 2 rings (SSSR count). The first-order chi connectivity index (χ1) is 12.2. The number of amides is 1. The summed E-state index contributed by atoms with van der Waals surface area (Å²) in [4.78, 5) is 13.8. The summed E-state index contributed by atoms with van der Waals surface area (Å²) in [5.41, 5.74) is -0.247. The van der Waals surface area contributed by atoms with Crippen LogP contribution in [0.3, 0.4) is 0 Å². The number of aliphatic hydroxyl groups excluding tert-OH is 1. The number of benzene rings is 1. The maximum atomic E-state index is 12.7. The minimum atomic E-state index is -2.50. The second-order valence-electron chi connectivity index (χ2n) is 7.33. The number of piperidine rings is 1. The van der Waals surface area contributed by atoms with Crippen LogP contribution in [0.25, 0.3) is 0 Å². The van der Waals surface area contributed by atoms with Gasteiger partial charge in [-0.1, -0.05) is 38.1 Å². The number of rotatable bonds is 3. The Balaban J connectivity index is 0.00000163. The first-order valence-electron chi connectivity index (χ1n) is 9.14. The van der Waals surface area contributed by atoms with Gasteiger partial charge in [0.25, 0.3) is 6.43 Å². The van der Waals surface area contributed by atoms with Crippen LogP contribution in [0.15, 0.2) is 24.3 Å². The van der Waals surface area contributed by atoms with Crippen molar-refractivity contribution in [1.82, 2.24) is 4.90 Å². The van der Waals surface area contributed by atoms with Crippen molar-refractivity contribution in [2.45, 2.75) is 64.9 Å². The van der Waals surface area contributed by atoms with Crippen molar-refractivity contribution in [3.05, 3.63) is 35.4 Å². The average Bonchev–Trinajstić information content (AvgIpc) is 2.62. The smallest absolute Gasteiger partial charge is 0.410 e. The van der Waals surface area contributed by atoms with Crippen LogP contribution >= 0.6 is 0 Å². The van der Waals surface area contributed by atoms with Crippen molar-refractivity contribution in [2.75, 3.05) is 19.7 Å². The normalized spacial score (nSPS) is 16.7. The predicted molar refractivity (Wildman–Crippen MR) is 98.6 cm³/mol. The van der Waals surface area contributed by atoms with E-state index in [9.17, 15) is 18.7 Å². The molecular formula is C20H31F2NO3. The summed E-state index contributed by atoms with van der Waals surface area (Å²) in [6, 6.07) is 6.11. The van der Waals surface area contributed by atoms with Gasteiger partial charge in [-0.3, -0.25) is 0 Å². The third-order valence-electron chi connectivity index (χ3n) is 4.45. The fourth-order valence-electron chi connectivity index (χ4n) is 2.96. The highest BCUT2D eigenvalue weighted by Crippen LogP contribution is 2.36. The summed E-state index contributed by atoms with van der Waals surface area (Å²) >= 11 is 0. The molecule has 1 aromatic carbocycles. The molecule has 1 amide bonds. The van der Waals surface area contributed by atoms with E-state index in [2.05, 4.69) is 0 Å². The molecule has 1 fully saturated rings. The Morgan fingerprint density at radius 1 is 1.19 bits per heavy atom. The van der Waals surface area contributed by atoms with Crippen LogP contribution in [-0.4, -0.2) is 41.4 Å². The molecule has 0 saturated carbocycles. The Morgan fingerprint density at radius 2 is 1.69 bits per heavy atom. The van der Waals surface area contributed by atoms with Gasteiger partial charge < -0.3 is 14.7 Å². The molecule has 0 radical (unpaired) electrons. The fourth-order valence-corrected chi connectivity index (χ4v) is 2.96.